The lowest BCUT2D eigenvalue weighted by Crippen LogP contribution is -2.51. The summed E-state index contributed by atoms with van der Waals surface area (Å²) in [6, 6.07) is 7.93. The molecule has 1 N–H and O–H groups in total. The fourth-order valence-corrected chi connectivity index (χ4v) is 4.68. The summed E-state index contributed by atoms with van der Waals surface area (Å²) in [5.41, 5.74) is 1.90. The number of hydrogen-bond donors (Lipinski definition) is 1. The Labute approximate surface area is 163 Å². The van der Waals surface area contributed by atoms with Crippen LogP contribution in [-0.4, -0.2) is 30.0 Å². The molecule has 1 aromatic carbocycles. The highest BCUT2D eigenvalue weighted by molar-refractivity contribution is 6.29. The van der Waals surface area contributed by atoms with E-state index in [1.807, 2.05) is 11.0 Å². The van der Waals surface area contributed by atoms with Crippen LogP contribution in [0.15, 0.2) is 49.2 Å². The molecule has 2 aliphatic rings. The smallest absolute Gasteiger partial charge is 0.260 e. The molecule has 2 aliphatic heterocycles. The van der Waals surface area contributed by atoms with E-state index in [-0.39, 0.29) is 23.2 Å². The molecule has 0 saturated carbocycles. The lowest BCUT2D eigenvalue weighted by molar-refractivity contribution is 0.0964. The Hall–Kier alpha value is -2.24. The second-order valence-electron chi connectivity index (χ2n) is 7.15. The van der Waals surface area contributed by atoms with Gasteiger partial charge in [-0.1, -0.05) is 17.7 Å². The predicted molar refractivity (Wildman–Crippen MR) is 105 cm³/mol. The molecule has 2 aromatic rings. The van der Waals surface area contributed by atoms with Crippen LogP contribution in [0.1, 0.15) is 35.2 Å². The highest BCUT2D eigenvalue weighted by atomic mass is 35.5. The maximum Gasteiger partial charge on any atom is 0.260 e. The minimum atomic E-state index is -0.272. The van der Waals surface area contributed by atoms with Crippen molar-refractivity contribution in [1.29, 1.82) is 0 Å². The summed E-state index contributed by atoms with van der Waals surface area (Å²) in [4.78, 5) is 19.3. The number of hydrogen-bond acceptors (Lipinski definition) is 3. The number of fused-ring (bicyclic) bond motifs is 2. The molecule has 0 bridgehead atoms. The highest BCUT2D eigenvalue weighted by Crippen LogP contribution is 2.52. The normalized spacial score (nSPS) is 20.5. The van der Waals surface area contributed by atoms with Crippen molar-refractivity contribution in [3.8, 4) is 0 Å². The van der Waals surface area contributed by atoms with Crippen molar-refractivity contribution in [2.45, 2.75) is 30.7 Å². The molecule has 1 saturated heterocycles. The van der Waals surface area contributed by atoms with Crippen LogP contribution >= 0.6 is 11.6 Å². The topological polar surface area (TPSA) is 45.2 Å². The average Bonchev–Trinajstić information content (AvgIpc) is 2.92. The molecule has 1 fully saturated rings. The molecule has 1 atom stereocenters. The number of amides is 1. The molecule has 4 rings (SSSR count). The molecule has 0 aliphatic carbocycles. The number of pyridine rings is 1. The van der Waals surface area contributed by atoms with Gasteiger partial charge in [0.2, 0.25) is 0 Å². The molecule has 0 radical (unpaired) electrons. The van der Waals surface area contributed by atoms with Crippen molar-refractivity contribution in [2.24, 2.45) is 0 Å². The standard InChI is InChI=1S/C21H21ClFN3O/c1-2-3-18-21(8-10-24-11-9-21)16-12-15(23)5-6-17(16)26(18)20(27)14-4-7-19(22)25-13-14/h2,4-7,12-13,18,24H,1,3,8-11H2. The van der Waals surface area contributed by atoms with Gasteiger partial charge in [0.25, 0.3) is 5.91 Å². The van der Waals surface area contributed by atoms with Crippen molar-refractivity contribution in [1.82, 2.24) is 10.3 Å². The Morgan fingerprint density at radius 2 is 2.15 bits per heavy atom. The molecule has 1 unspecified atom stereocenters. The second-order valence-corrected chi connectivity index (χ2v) is 7.54. The van der Waals surface area contributed by atoms with Crippen molar-refractivity contribution in [2.75, 3.05) is 18.0 Å². The number of anilines is 1. The number of aromatic nitrogens is 1. The largest absolute Gasteiger partial charge is 0.317 e. The summed E-state index contributed by atoms with van der Waals surface area (Å²) in [7, 11) is 0. The van der Waals surface area contributed by atoms with Gasteiger partial charge in [0.05, 0.1) is 11.6 Å². The molecule has 1 amide bonds. The maximum atomic E-state index is 14.1. The number of halogens is 2. The Morgan fingerprint density at radius 1 is 1.37 bits per heavy atom. The van der Waals surface area contributed by atoms with Crippen LogP contribution in [0.25, 0.3) is 0 Å². The summed E-state index contributed by atoms with van der Waals surface area (Å²) in [5, 5.41) is 3.72. The molecule has 27 heavy (non-hydrogen) atoms. The van der Waals surface area contributed by atoms with Crippen LogP contribution in [-0.2, 0) is 5.41 Å². The minimum absolute atomic E-state index is 0.0999. The summed E-state index contributed by atoms with van der Waals surface area (Å²) < 4.78 is 14.1. The molecule has 140 valence electrons. The van der Waals surface area contributed by atoms with Crippen LogP contribution < -0.4 is 10.2 Å². The molecule has 1 spiro atoms. The highest BCUT2D eigenvalue weighted by Gasteiger charge is 2.52. The molecular formula is C21H21ClFN3O. The van der Waals surface area contributed by atoms with Crippen LogP contribution in [0.3, 0.4) is 0 Å². The molecular weight excluding hydrogens is 365 g/mol. The number of benzene rings is 1. The zero-order valence-electron chi connectivity index (χ0n) is 14.9. The van der Waals surface area contributed by atoms with E-state index in [1.165, 1.54) is 12.3 Å². The summed E-state index contributed by atoms with van der Waals surface area (Å²) >= 11 is 5.87. The summed E-state index contributed by atoms with van der Waals surface area (Å²) in [5.74, 6) is -0.416. The van der Waals surface area contributed by atoms with E-state index in [0.29, 0.717) is 17.1 Å². The average molecular weight is 386 g/mol. The molecule has 6 heteroatoms. The third-order valence-corrected chi connectivity index (χ3v) is 6.01. The van der Waals surface area contributed by atoms with E-state index in [4.69, 9.17) is 11.6 Å². The van der Waals surface area contributed by atoms with E-state index < -0.39 is 0 Å². The Bertz CT molecular complexity index is 877. The zero-order valence-corrected chi connectivity index (χ0v) is 15.7. The first-order valence-corrected chi connectivity index (χ1v) is 9.51. The van der Waals surface area contributed by atoms with E-state index in [0.717, 1.165) is 37.2 Å². The number of rotatable bonds is 3. The monoisotopic (exact) mass is 385 g/mol. The van der Waals surface area contributed by atoms with Gasteiger partial charge in [-0.05, 0) is 68.2 Å². The Balaban J connectivity index is 1.85. The van der Waals surface area contributed by atoms with Gasteiger partial charge in [0.1, 0.15) is 11.0 Å². The van der Waals surface area contributed by atoms with Crippen molar-refractivity contribution in [3.63, 3.8) is 0 Å². The van der Waals surface area contributed by atoms with Crippen LogP contribution in [0.2, 0.25) is 5.15 Å². The zero-order chi connectivity index (χ0) is 19.0. The lowest BCUT2D eigenvalue weighted by atomic mass is 9.69. The Morgan fingerprint density at radius 3 is 2.81 bits per heavy atom. The van der Waals surface area contributed by atoms with Crippen LogP contribution in [0.4, 0.5) is 10.1 Å². The van der Waals surface area contributed by atoms with E-state index in [1.54, 1.807) is 24.3 Å². The van der Waals surface area contributed by atoms with Gasteiger partial charge in [0, 0.05) is 17.3 Å². The van der Waals surface area contributed by atoms with Gasteiger partial charge in [-0.3, -0.25) is 4.79 Å². The fourth-order valence-electron chi connectivity index (χ4n) is 4.57. The van der Waals surface area contributed by atoms with Crippen LogP contribution in [0.5, 0.6) is 0 Å². The number of nitrogens with one attached hydrogen (secondary N) is 1. The predicted octanol–water partition coefficient (Wildman–Crippen LogP) is 4.10. The molecule has 4 nitrogen and oxygen atoms in total. The summed E-state index contributed by atoms with van der Waals surface area (Å²) in [6.45, 7) is 5.59. The first-order chi connectivity index (χ1) is 13.1. The fraction of sp³-hybridized carbons (Fsp3) is 0.333. The summed E-state index contributed by atoms with van der Waals surface area (Å²) in [6.07, 6.45) is 5.68. The SMILES string of the molecule is C=CCC1N(C(=O)c2ccc(Cl)nc2)c2ccc(F)cc2C12CCNCC2. The number of carbonyl (C=O) groups excluding carboxylic acids is 1. The second kappa shape index (κ2) is 7.06. The minimum Gasteiger partial charge on any atom is -0.317 e. The number of carbonyl (C=O) groups is 1. The van der Waals surface area contributed by atoms with E-state index in [2.05, 4.69) is 16.9 Å². The van der Waals surface area contributed by atoms with Crippen molar-refractivity contribution in [3.05, 3.63) is 71.3 Å². The van der Waals surface area contributed by atoms with E-state index in [9.17, 15) is 9.18 Å². The lowest BCUT2D eigenvalue weighted by Gasteiger charge is -2.41. The van der Waals surface area contributed by atoms with Gasteiger partial charge in [-0.25, -0.2) is 9.37 Å². The van der Waals surface area contributed by atoms with Crippen molar-refractivity contribution >= 4 is 23.2 Å². The van der Waals surface area contributed by atoms with Gasteiger partial charge in [-0.2, -0.15) is 0 Å². The third-order valence-electron chi connectivity index (χ3n) is 5.78. The van der Waals surface area contributed by atoms with E-state index >= 15 is 0 Å². The van der Waals surface area contributed by atoms with Crippen molar-refractivity contribution < 1.29 is 9.18 Å². The number of piperidine rings is 1. The van der Waals surface area contributed by atoms with Gasteiger partial charge < -0.3 is 10.2 Å². The first kappa shape index (κ1) is 18.1. The number of nitrogens with zero attached hydrogens (tertiary/aromatic N) is 2. The quantitative estimate of drug-likeness (QED) is 0.639. The molecule has 1 aromatic heterocycles. The Kier molecular flexibility index (Phi) is 4.74. The van der Waals surface area contributed by atoms with Gasteiger partial charge in [0.15, 0.2) is 0 Å². The third kappa shape index (κ3) is 2.95. The maximum absolute atomic E-state index is 14.1. The first-order valence-electron chi connectivity index (χ1n) is 9.13. The van der Waals surface area contributed by atoms with Crippen LogP contribution in [0, 0.1) is 5.82 Å². The van der Waals surface area contributed by atoms with Gasteiger partial charge >= 0.3 is 0 Å². The van der Waals surface area contributed by atoms with Gasteiger partial charge in [-0.15, -0.1) is 6.58 Å². The molecule has 3 heterocycles.